The summed E-state index contributed by atoms with van der Waals surface area (Å²) in [5, 5.41) is 0. The average Bonchev–Trinajstić information content (AvgIpc) is 2.44. The van der Waals surface area contributed by atoms with Gasteiger partial charge in [-0.2, -0.15) is 0 Å². The fourth-order valence-corrected chi connectivity index (χ4v) is 2.28. The van der Waals surface area contributed by atoms with E-state index in [4.69, 9.17) is 5.73 Å². The molecule has 1 aromatic rings. The van der Waals surface area contributed by atoms with Crippen LogP contribution in [0.25, 0.3) is 0 Å². The number of rotatable bonds is 1. The van der Waals surface area contributed by atoms with Crippen LogP contribution in [0.2, 0.25) is 0 Å². The van der Waals surface area contributed by atoms with Gasteiger partial charge in [0.2, 0.25) is 0 Å². The maximum Gasteiger partial charge on any atom is 0.0599 e. The quantitative estimate of drug-likeness (QED) is 0.713. The van der Waals surface area contributed by atoms with Crippen LogP contribution in [0, 0.1) is 5.92 Å². The summed E-state index contributed by atoms with van der Waals surface area (Å²) in [4.78, 5) is 2.43. The van der Waals surface area contributed by atoms with Crippen LogP contribution in [0.5, 0.6) is 0 Å². The fourth-order valence-electron chi connectivity index (χ4n) is 2.28. The summed E-state index contributed by atoms with van der Waals surface area (Å²) in [7, 11) is 0. The maximum absolute atomic E-state index is 6.00. The van der Waals surface area contributed by atoms with Gasteiger partial charge in [-0.25, -0.2) is 0 Å². The Morgan fingerprint density at radius 3 is 2.80 bits per heavy atom. The predicted octanol–water partition coefficient (Wildman–Crippen LogP) is 2.90. The van der Waals surface area contributed by atoms with Crippen molar-refractivity contribution in [3.63, 3.8) is 0 Å². The number of nitrogens with zero attached hydrogens (tertiary/aromatic N) is 1. The lowest BCUT2D eigenvalue weighted by Crippen LogP contribution is -2.24. The van der Waals surface area contributed by atoms with E-state index >= 15 is 0 Å². The van der Waals surface area contributed by atoms with E-state index in [-0.39, 0.29) is 0 Å². The summed E-state index contributed by atoms with van der Waals surface area (Å²) < 4.78 is 0. The second-order valence-electron chi connectivity index (χ2n) is 4.58. The van der Waals surface area contributed by atoms with Crippen LogP contribution >= 0.6 is 0 Å². The van der Waals surface area contributed by atoms with Gasteiger partial charge in [-0.3, -0.25) is 0 Å². The third-order valence-electron chi connectivity index (χ3n) is 3.29. The minimum absolute atomic E-state index is 0.861. The Bertz CT molecular complexity index is 322. The highest BCUT2D eigenvalue weighted by Gasteiger charge is 2.15. The first-order valence-electron chi connectivity index (χ1n) is 5.87. The number of para-hydroxylation sites is 2. The van der Waals surface area contributed by atoms with Crippen molar-refractivity contribution in [2.75, 3.05) is 23.7 Å². The topological polar surface area (TPSA) is 29.3 Å². The van der Waals surface area contributed by atoms with Gasteiger partial charge < -0.3 is 10.6 Å². The van der Waals surface area contributed by atoms with Gasteiger partial charge in [-0.1, -0.05) is 19.1 Å². The van der Waals surface area contributed by atoms with Crippen molar-refractivity contribution in [2.45, 2.75) is 26.2 Å². The van der Waals surface area contributed by atoms with E-state index in [0.29, 0.717) is 0 Å². The largest absolute Gasteiger partial charge is 0.397 e. The van der Waals surface area contributed by atoms with Crippen molar-refractivity contribution in [1.82, 2.24) is 0 Å². The zero-order valence-electron chi connectivity index (χ0n) is 9.45. The molecule has 1 heterocycles. The molecule has 2 rings (SSSR count). The highest BCUT2D eigenvalue weighted by molar-refractivity contribution is 5.67. The van der Waals surface area contributed by atoms with Crippen LogP contribution < -0.4 is 10.6 Å². The van der Waals surface area contributed by atoms with Gasteiger partial charge in [0.15, 0.2) is 0 Å². The number of benzene rings is 1. The molecule has 0 bridgehead atoms. The third kappa shape index (κ3) is 2.44. The van der Waals surface area contributed by atoms with E-state index in [1.165, 1.54) is 24.9 Å². The molecule has 0 spiro atoms. The SMILES string of the molecule is CC1CCCN(c2ccccc2N)CC1. The molecule has 1 unspecified atom stereocenters. The molecular weight excluding hydrogens is 184 g/mol. The van der Waals surface area contributed by atoms with E-state index < -0.39 is 0 Å². The number of anilines is 2. The Balaban J connectivity index is 2.13. The maximum atomic E-state index is 6.00. The molecule has 1 saturated heterocycles. The minimum atomic E-state index is 0.861. The highest BCUT2D eigenvalue weighted by atomic mass is 15.1. The third-order valence-corrected chi connectivity index (χ3v) is 3.29. The molecule has 2 heteroatoms. The van der Waals surface area contributed by atoms with Crippen LogP contribution in [0.4, 0.5) is 11.4 Å². The standard InChI is InChI=1S/C13H20N2/c1-11-5-4-9-15(10-8-11)13-7-3-2-6-12(13)14/h2-3,6-7,11H,4-5,8-10,14H2,1H3. The summed E-state index contributed by atoms with van der Waals surface area (Å²) in [6.07, 6.45) is 3.92. The summed E-state index contributed by atoms with van der Waals surface area (Å²) >= 11 is 0. The van der Waals surface area contributed by atoms with Crippen molar-refractivity contribution in [3.8, 4) is 0 Å². The zero-order chi connectivity index (χ0) is 10.7. The van der Waals surface area contributed by atoms with Crippen LogP contribution in [0.3, 0.4) is 0 Å². The van der Waals surface area contributed by atoms with E-state index in [1.807, 2.05) is 12.1 Å². The molecule has 2 N–H and O–H groups in total. The molecule has 82 valence electrons. The molecule has 1 fully saturated rings. The summed E-state index contributed by atoms with van der Waals surface area (Å²) in [5.74, 6) is 0.861. The molecule has 2 nitrogen and oxygen atoms in total. The van der Waals surface area contributed by atoms with Crippen molar-refractivity contribution < 1.29 is 0 Å². The number of nitrogen functional groups attached to an aromatic ring is 1. The monoisotopic (exact) mass is 204 g/mol. The Morgan fingerprint density at radius 2 is 2.00 bits per heavy atom. The Hall–Kier alpha value is -1.18. The van der Waals surface area contributed by atoms with Crippen molar-refractivity contribution in [1.29, 1.82) is 0 Å². The molecule has 0 amide bonds. The second kappa shape index (κ2) is 4.56. The lowest BCUT2D eigenvalue weighted by Gasteiger charge is -2.24. The molecule has 15 heavy (non-hydrogen) atoms. The Labute approximate surface area is 92.1 Å². The van der Waals surface area contributed by atoms with Crippen molar-refractivity contribution >= 4 is 11.4 Å². The molecular formula is C13H20N2. The molecule has 1 aliphatic heterocycles. The van der Waals surface area contributed by atoms with Crippen LogP contribution in [-0.2, 0) is 0 Å². The van der Waals surface area contributed by atoms with Crippen LogP contribution in [0.1, 0.15) is 26.2 Å². The molecule has 0 radical (unpaired) electrons. The van der Waals surface area contributed by atoms with Crippen LogP contribution in [-0.4, -0.2) is 13.1 Å². The van der Waals surface area contributed by atoms with Crippen molar-refractivity contribution in [2.24, 2.45) is 5.92 Å². The van der Waals surface area contributed by atoms with Gasteiger partial charge in [0.25, 0.3) is 0 Å². The molecule has 1 aromatic carbocycles. The van der Waals surface area contributed by atoms with E-state index in [9.17, 15) is 0 Å². The Kier molecular flexibility index (Phi) is 3.14. The molecule has 0 aromatic heterocycles. The van der Waals surface area contributed by atoms with Gasteiger partial charge in [0.1, 0.15) is 0 Å². The smallest absolute Gasteiger partial charge is 0.0599 e. The zero-order valence-corrected chi connectivity index (χ0v) is 9.45. The average molecular weight is 204 g/mol. The van der Waals surface area contributed by atoms with E-state index in [0.717, 1.165) is 24.7 Å². The lowest BCUT2D eigenvalue weighted by molar-refractivity contribution is 0.521. The summed E-state index contributed by atoms with van der Waals surface area (Å²) in [6, 6.07) is 8.19. The first-order valence-corrected chi connectivity index (χ1v) is 5.87. The van der Waals surface area contributed by atoms with Gasteiger partial charge >= 0.3 is 0 Å². The highest BCUT2D eigenvalue weighted by Crippen LogP contribution is 2.26. The van der Waals surface area contributed by atoms with Crippen molar-refractivity contribution in [3.05, 3.63) is 24.3 Å². The number of hydrogen-bond donors (Lipinski definition) is 1. The van der Waals surface area contributed by atoms with Gasteiger partial charge in [-0.15, -0.1) is 0 Å². The summed E-state index contributed by atoms with van der Waals surface area (Å²) in [6.45, 7) is 4.64. The van der Waals surface area contributed by atoms with Gasteiger partial charge in [-0.05, 0) is 37.3 Å². The van der Waals surface area contributed by atoms with Gasteiger partial charge in [0.05, 0.1) is 11.4 Å². The molecule has 1 atom stereocenters. The molecule has 0 saturated carbocycles. The number of nitrogens with two attached hydrogens (primary N) is 1. The minimum Gasteiger partial charge on any atom is -0.397 e. The first kappa shape index (κ1) is 10.3. The number of hydrogen-bond acceptors (Lipinski definition) is 2. The predicted molar refractivity (Wildman–Crippen MR) is 66.1 cm³/mol. The first-order chi connectivity index (χ1) is 7.27. The molecule has 0 aliphatic carbocycles. The normalized spacial score (nSPS) is 22.5. The summed E-state index contributed by atoms with van der Waals surface area (Å²) in [5.41, 5.74) is 8.12. The molecule has 1 aliphatic rings. The second-order valence-corrected chi connectivity index (χ2v) is 4.58. The fraction of sp³-hybridized carbons (Fsp3) is 0.538. The van der Waals surface area contributed by atoms with Crippen LogP contribution in [0.15, 0.2) is 24.3 Å². The Morgan fingerprint density at radius 1 is 1.20 bits per heavy atom. The van der Waals surface area contributed by atoms with Gasteiger partial charge in [0, 0.05) is 13.1 Å². The lowest BCUT2D eigenvalue weighted by atomic mass is 10.0. The van der Waals surface area contributed by atoms with E-state index in [1.54, 1.807) is 0 Å². The van der Waals surface area contributed by atoms with E-state index in [2.05, 4.69) is 24.0 Å².